The number of nitrogens with zero attached hydrogens (tertiary/aromatic N) is 3. The molecule has 2 aliphatic rings. The van der Waals surface area contributed by atoms with E-state index in [4.69, 9.17) is 10.00 Å². The van der Waals surface area contributed by atoms with Crippen molar-refractivity contribution in [3.05, 3.63) is 35.1 Å². The average Bonchev–Trinajstić information content (AvgIpc) is 2.97. The van der Waals surface area contributed by atoms with Gasteiger partial charge in [0.1, 0.15) is 11.4 Å². The van der Waals surface area contributed by atoms with Gasteiger partial charge >= 0.3 is 6.09 Å². The van der Waals surface area contributed by atoms with Gasteiger partial charge in [-0.15, -0.1) is 0 Å². The van der Waals surface area contributed by atoms with Gasteiger partial charge in [0, 0.05) is 30.2 Å². The van der Waals surface area contributed by atoms with Gasteiger partial charge in [0.2, 0.25) is 0 Å². The minimum Gasteiger partial charge on any atom is -0.444 e. The third kappa shape index (κ3) is 5.87. The van der Waals surface area contributed by atoms with E-state index < -0.39 is 5.60 Å². The van der Waals surface area contributed by atoms with Crippen molar-refractivity contribution in [2.45, 2.75) is 83.6 Å². The molecule has 2 atom stereocenters. The molecule has 7 nitrogen and oxygen atoms in total. The maximum atomic E-state index is 14.1. The number of benzene rings is 1. The van der Waals surface area contributed by atoms with E-state index in [1.807, 2.05) is 38.7 Å². The van der Waals surface area contributed by atoms with E-state index in [0.29, 0.717) is 23.6 Å². The van der Waals surface area contributed by atoms with Crippen LogP contribution in [0, 0.1) is 17.1 Å². The normalized spacial score (nSPS) is 23.3. The Morgan fingerprint density at radius 2 is 2.00 bits per heavy atom. The number of guanidine groups is 1. The molecule has 0 saturated carbocycles. The molecular weight excluding hydrogens is 397 g/mol. The molecule has 1 amide bonds. The predicted octanol–water partition coefficient (Wildman–Crippen LogP) is 3.68. The summed E-state index contributed by atoms with van der Waals surface area (Å²) in [5.41, 5.74) is 0.293. The standard InChI is InChI=1S/C23H32FN5O2/c1-5-26-21(27-14-16-10-15(13-25)6-9-20(16)24)28-17-11-18-7-8-19(12-17)29(18)22(30)31-23(2,3)4/h6,9-10,17-19H,5,7-8,11-12,14H2,1-4H3,(H2,26,27,28). The number of amides is 1. The first-order chi connectivity index (χ1) is 14.7. The lowest BCUT2D eigenvalue weighted by Crippen LogP contribution is -2.55. The zero-order valence-corrected chi connectivity index (χ0v) is 18.7. The van der Waals surface area contributed by atoms with Gasteiger partial charge in [0.15, 0.2) is 5.96 Å². The number of aliphatic imine (C=N–C) groups is 1. The van der Waals surface area contributed by atoms with E-state index in [0.717, 1.165) is 25.7 Å². The number of carbonyl (C=O) groups is 1. The molecule has 2 fully saturated rings. The third-order valence-corrected chi connectivity index (χ3v) is 5.60. The summed E-state index contributed by atoms with van der Waals surface area (Å²) in [6.07, 6.45) is 3.35. The van der Waals surface area contributed by atoms with Crippen molar-refractivity contribution in [3.63, 3.8) is 0 Å². The highest BCUT2D eigenvalue weighted by Gasteiger charge is 2.45. The summed E-state index contributed by atoms with van der Waals surface area (Å²) < 4.78 is 19.7. The van der Waals surface area contributed by atoms with Gasteiger partial charge in [-0.3, -0.25) is 0 Å². The van der Waals surface area contributed by atoms with E-state index in [1.165, 1.54) is 18.2 Å². The van der Waals surface area contributed by atoms with Crippen molar-refractivity contribution in [3.8, 4) is 6.07 Å². The highest BCUT2D eigenvalue weighted by atomic mass is 19.1. The average molecular weight is 430 g/mol. The third-order valence-electron chi connectivity index (χ3n) is 5.60. The number of fused-ring (bicyclic) bond motifs is 2. The molecule has 0 spiro atoms. The molecule has 3 rings (SSSR count). The lowest BCUT2D eigenvalue weighted by Gasteiger charge is -2.40. The molecule has 8 heteroatoms. The van der Waals surface area contributed by atoms with Gasteiger partial charge in [-0.25, -0.2) is 14.2 Å². The smallest absolute Gasteiger partial charge is 0.410 e. The topological polar surface area (TPSA) is 89.8 Å². The van der Waals surface area contributed by atoms with E-state index in [9.17, 15) is 9.18 Å². The van der Waals surface area contributed by atoms with Gasteiger partial charge in [0.05, 0.1) is 18.2 Å². The number of hydrogen-bond donors (Lipinski definition) is 2. The second-order valence-corrected chi connectivity index (χ2v) is 9.20. The number of piperidine rings is 1. The highest BCUT2D eigenvalue weighted by Crippen LogP contribution is 2.36. The van der Waals surface area contributed by atoms with Crippen molar-refractivity contribution >= 4 is 12.1 Å². The molecule has 0 aliphatic carbocycles. The number of halogens is 1. The van der Waals surface area contributed by atoms with E-state index >= 15 is 0 Å². The molecule has 2 saturated heterocycles. The SMILES string of the molecule is CCNC(=NCc1cc(C#N)ccc1F)NC1CC2CCC(C1)N2C(=O)OC(C)(C)C. The second kappa shape index (κ2) is 9.54. The largest absolute Gasteiger partial charge is 0.444 e. The molecule has 1 aromatic carbocycles. The molecule has 2 aliphatic heterocycles. The maximum Gasteiger partial charge on any atom is 0.410 e. The van der Waals surface area contributed by atoms with Crippen LogP contribution in [0.4, 0.5) is 9.18 Å². The van der Waals surface area contributed by atoms with Crippen LogP contribution in [0.25, 0.3) is 0 Å². The van der Waals surface area contributed by atoms with Crippen molar-refractivity contribution in [1.82, 2.24) is 15.5 Å². The van der Waals surface area contributed by atoms with Crippen LogP contribution in [0.15, 0.2) is 23.2 Å². The van der Waals surface area contributed by atoms with Gasteiger partial charge in [-0.2, -0.15) is 5.26 Å². The fourth-order valence-corrected chi connectivity index (χ4v) is 4.35. The molecule has 31 heavy (non-hydrogen) atoms. The molecule has 2 unspecified atom stereocenters. The minimum atomic E-state index is -0.505. The first-order valence-corrected chi connectivity index (χ1v) is 10.9. The number of carbonyl (C=O) groups excluding carboxylic acids is 1. The summed E-state index contributed by atoms with van der Waals surface area (Å²) >= 11 is 0. The molecule has 0 aromatic heterocycles. The first kappa shape index (κ1) is 22.9. The Bertz CT molecular complexity index is 860. The van der Waals surface area contributed by atoms with Gasteiger partial charge < -0.3 is 20.3 Å². The fourth-order valence-electron chi connectivity index (χ4n) is 4.35. The van der Waals surface area contributed by atoms with Crippen LogP contribution in [0.5, 0.6) is 0 Å². The number of rotatable bonds is 4. The Labute approximate surface area is 183 Å². The van der Waals surface area contributed by atoms with Crippen LogP contribution < -0.4 is 10.6 Å². The molecule has 2 N–H and O–H groups in total. The predicted molar refractivity (Wildman–Crippen MR) is 117 cm³/mol. The number of ether oxygens (including phenoxy) is 1. The monoisotopic (exact) mass is 429 g/mol. The van der Waals surface area contributed by atoms with E-state index in [2.05, 4.69) is 15.6 Å². The lowest BCUT2D eigenvalue weighted by molar-refractivity contribution is 0.00545. The summed E-state index contributed by atoms with van der Waals surface area (Å²) in [6.45, 7) is 8.44. The van der Waals surface area contributed by atoms with Gasteiger partial charge in [0.25, 0.3) is 0 Å². The van der Waals surface area contributed by atoms with Crippen LogP contribution in [-0.2, 0) is 11.3 Å². The molecule has 0 radical (unpaired) electrons. The summed E-state index contributed by atoms with van der Waals surface area (Å²) in [4.78, 5) is 19.1. The zero-order valence-electron chi connectivity index (χ0n) is 18.7. The van der Waals surface area contributed by atoms with Crippen LogP contribution >= 0.6 is 0 Å². The molecule has 1 aromatic rings. The van der Waals surface area contributed by atoms with Crippen LogP contribution in [0.2, 0.25) is 0 Å². The summed E-state index contributed by atoms with van der Waals surface area (Å²) in [6, 6.07) is 6.79. The van der Waals surface area contributed by atoms with Crippen molar-refractivity contribution in [1.29, 1.82) is 5.26 Å². The van der Waals surface area contributed by atoms with Gasteiger partial charge in [-0.1, -0.05) is 0 Å². The summed E-state index contributed by atoms with van der Waals surface area (Å²) in [5, 5.41) is 15.7. The van der Waals surface area contributed by atoms with Crippen molar-refractivity contribution in [2.75, 3.05) is 6.54 Å². The molecular formula is C23H32FN5O2. The Morgan fingerprint density at radius 3 is 2.58 bits per heavy atom. The van der Waals surface area contributed by atoms with Crippen LogP contribution in [-0.4, -0.2) is 47.2 Å². The van der Waals surface area contributed by atoms with Gasteiger partial charge in [-0.05, 0) is 71.6 Å². The van der Waals surface area contributed by atoms with Crippen molar-refractivity contribution < 1.29 is 13.9 Å². The molecule has 168 valence electrons. The fraction of sp³-hybridized carbons (Fsp3) is 0.609. The Balaban J connectivity index is 1.65. The molecule has 2 heterocycles. The first-order valence-electron chi connectivity index (χ1n) is 10.9. The summed E-state index contributed by atoms with van der Waals surface area (Å²) in [7, 11) is 0. The number of nitriles is 1. The number of nitrogens with one attached hydrogen (secondary N) is 2. The quantitative estimate of drug-likeness (QED) is 0.563. The van der Waals surface area contributed by atoms with E-state index in [-0.39, 0.29) is 36.6 Å². The molecule has 2 bridgehead atoms. The Morgan fingerprint density at radius 1 is 1.32 bits per heavy atom. The lowest BCUT2D eigenvalue weighted by atomic mass is 9.98. The zero-order chi connectivity index (χ0) is 22.6. The van der Waals surface area contributed by atoms with E-state index in [1.54, 1.807) is 0 Å². The minimum absolute atomic E-state index is 0.139. The summed E-state index contributed by atoms with van der Waals surface area (Å²) in [5.74, 6) is 0.238. The second-order valence-electron chi connectivity index (χ2n) is 9.20. The van der Waals surface area contributed by atoms with Crippen LogP contribution in [0.3, 0.4) is 0 Å². The highest BCUT2D eigenvalue weighted by molar-refractivity contribution is 5.80. The number of hydrogen-bond acceptors (Lipinski definition) is 4. The maximum absolute atomic E-state index is 14.1. The van der Waals surface area contributed by atoms with Crippen LogP contribution in [0.1, 0.15) is 64.5 Å². The Kier molecular flexibility index (Phi) is 7.04. The Hall–Kier alpha value is -2.82. The van der Waals surface area contributed by atoms with Crippen molar-refractivity contribution in [2.24, 2.45) is 4.99 Å².